The van der Waals surface area contributed by atoms with Gasteiger partial charge in [-0.15, -0.1) is 11.3 Å². The minimum Gasteiger partial charge on any atom is -0.480 e. The van der Waals surface area contributed by atoms with Crippen LogP contribution in [0.15, 0.2) is 120 Å². The zero-order valence-corrected chi connectivity index (χ0v) is 29.9. The van der Waals surface area contributed by atoms with Crippen LogP contribution >= 0.6 is 35.3 Å². The van der Waals surface area contributed by atoms with Crippen LogP contribution in [0.2, 0.25) is 0 Å². The van der Waals surface area contributed by atoms with Gasteiger partial charge in [-0.25, -0.2) is 0 Å². The lowest BCUT2D eigenvalue weighted by Gasteiger charge is -2.27. The number of aliphatic carboxylic acids is 1. The summed E-state index contributed by atoms with van der Waals surface area (Å²) >= 11 is 8.19. The molecule has 1 saturated heterocycles. The van der Waals surface area contributed by atoms with Crippen molar-refractivity contribution in [2.24, 2.45) is 0 Å². The van der Waals surface area contributed by atoms with Crippen molar-refractivity contribution in [1.29, 1.82) is 0 Å². The van der Waals surface area contributed by atoms with Crippen molar-refractivity contribution >= 4 is 101 Å². The van der Waals surface area contributed by atoms with Crippen LogP contribution in [0.3, 0.4) is 0 Å². The Labute approximate surface area is 309 Å². The molecule has 2 aliphatic heterocycles. The van der Waals surface area contributed by atoms with Crippen molar-refractivity contribution < 1.29 is 14.7 Å². The van der Waals surface area contributed by atoms with Gasteiger partial charge < -0.3 is 10.0 Å². The lowest BCUT2D eigenvalue weighted by atomic mass is 9.93. The molecule has 3 heterocycles. The molecule has 2 unspecified atom stereocenters. The molecule has 3 aliphatic rings. The predicted octanol–water partition coefficient (Wildman–Crippen LogP) is 10.7. The Morgan fingerprint density at radius 2 is 1.51 bits per heavy atom. The van der Waals surface area contributed by atoms with Gasteiger partial charge >= 0.3 is 5.97 Å². The molecule has 51 heavy (non-hydrogen) atoms. The summed E-state index contributed by atoms with van der Waals surface area (Å²) in [6, 6.07) is 41.9. The number of thiocarbonyl (C=S) groups is 1. The fraction of sp³-hybridized carbons (Fsp3) is 0.140. The molecule has 1 N–H and O–H groups in total. The van der Waals surface area contributed by atoms with Gasteiger partial charge in [0.2, 0.25) is 0 Å². The van der Waals surface area contributed by atoms with Crippen molar-refractivity contribution in [2.45, 2.75) is 31.2 Å². The van der Waals surface area contributed by atoms with Crippen molar-refractivity contribution in [3.8, 4) is 0 Å². The van der Waals surface area contributed by atoms with E-state index in [2.05, 4.69) is 120 Å². The van der Waals surface area contributed by atoms with E-state index in [1.807, 2.05) is 12.1 Å². The number of fused-ring (bicyclic) bond motifs is 6. The fourth-order valence-electron chi connectivity index (χ4n) is 7.98. The van der Waals surface area contributed by atoms with E-state index in [1.54, 1.807) is 11.3 Å². The van der Waals surface area contributed by atoms with Gasteiger partial charge in [0.05, 0.1) is 4.91 Å². The summed E-state index contributed by atoms with van der Waals surface area (Å²) < 4.78 is 2.64. The zero-order valence-electron chi connectivity index (χ0n) is 27.5. The van der Waals surface area contributed by atoms with E-state index in [4.69, 9.17) is 12.2 Å². The highest BCUT2D eigenvalue weighted by Gasteiger charge is 2.42. The Morgan fingerprint density at radius 1 is 0.824 bits per heavy atom. The van der Waals surface area contributed by atoms with Crippen molar-refractivity contribution in [1.82, 2.24) is 4.90 Å². The lowest BCUT2D eigenvalue weighted by molar-refractivity contribution is -0.140. The van der Waals surface area contributed by atoms with Crippen molar-refractivity contribution in [3.63, 3.8) is 0 Å². The van der Waals surface area contributed by atoms with E-state index in [-0.39, 0.29) is 10.2 Å². The largest absolute Gasteiger partial charge is 0.480 e. The number of carboxylic acid groups (broad SMARTS) is 1. The monoisotopic (exact) mass is 720 g/mol. The second kappa shape index (κ2) is 12.9. The molecule has 0 radical (unpaired) electrons. The molecule has 6 aromatic rings. The SMILES string of the molecule is O=C(O)CN1C(=O)/C(=C/c2ccc3c(c2)sc2cc(N4c5ccc(C=C(c6ccccc6)c6ccccc6)cc5C5CCCC54)ccc23)SC1=S. The summed E-state index contributed by atoms with van der Waals surface area (Å²) in [7, 11) is 0. The van der Waals surface area contributed by atoms with Gasteiger partial charge in [-0.05, 0) is 88.7 Å². The molecule has 1 aromatic heterocycles. The van der Waals surface area contributed by atoms with Crippen LogP contribution in [0.1, 0.15) is 53.0 Å². The quantitative estimate of drug-likeness (QED) is 0.101. The summed E-state index contributed by atoms with van der Waals surface area (Å²) in [5.74, 6) is -0.937. The number of carbonyl (C=O) groups excluding carboxylic acids is 1. The first-order chi connectivity index (χ1) is 24.9. The normalized spacial score (nSPS) is 18.9. The number of carboxylic acids is 1. The first-order valence-electron chi connectivity index (χ1n) is 17.1. The van der Waals surface area contributed by atoms with E-state index in [0.29, 0.717) is 16.9 Å². The van der Waals surface area contributed by atoms with Crippen LogP contribution in [0.5, 0.6) is 0 Å². The molecule has 250 valence electrons. The number of benzene rings is 5. The molecule has 0 spiro atoms. The number of thioether (sulfide) groups is 1. The van der Waals surface area contributed by atoms with Gasteiger partial charge in [0.25, 0.3) is 5.91 Å². The maximum atomic E-state index is 12.9. The average Bonchev–Trinajstić information content (AvgIpc) is 3.90. The number of anilines is 2. The van der Waals surface area contributed by atoms with E-state index in [9.17, 15) is 14.7 Å². The van der Waals surface area contributed by atoms with Gasteiger partial charge in [0.1, 0.15) is 10.9 Å². The van der Waals surface area contributed by atoms with Gasteiger partial charge in [-0.1, -0.05) is 115 Å². The summed E-state index contributed by atoms with van der Waals surface area (Å²) in [6.07, 6.45) is 7.76. The van der Waals surface area contributed by atoms with Crippen LogP contribution < -0.4 is 4.90 Å². The van der Waals surface area contributed by atoms with Crippen LogP contribution in [0.25, 0.3) is 37.9 Å². The maximum absolute atomic E-state index is 12.9. The number of nitrogens with zero attached hydrogens (tertiary/aromatic N) is 2. The number of carbonyl (C=O) groups is 2. The third-order valence-electron chi connectivity index (χ3n) is 10.2. The predicted molar refractivity (Wildman–Crippen MR) is 216 cm³/mol. The Balaban J connectivity index is 1.05. The Morgan fingerprint density at radius 3 is 2.24 bits per heavy atom. The number of amides is 1. The van der Waals surface area contributed by atoms with Crippen LogP contribution in [-0.4, -0.2) is 38.8 Å². The highest BCUT2D eigenvalue weighted by atomic mass is 32.2. The van der Waals surface area contributed by atoms with E-state index in [1.165, 1.54) is 73.9 Å². The maximum Gasteiger partial charge on any atom is 0.323 e. The molecule has 2 fully saturated rings. The summed E-state index contributed by atoms with van der Waals surface area (Å²) in [5, 5.41) is 11.6. The smallest absolute Gasteiger partial charge is 0.323 e. The molecule has 5 nitrogen and oxygen atoms in total. The molecule has 5 aromatic carbocycles. The fourth-order valence-corrected chi connectivity index (χ4v) is 10.4. The van der Waals surface area contributed by atoms with Crippen LogP contribution in [-0.2, 0) is 9.59 Å². The molecule has 9 rings (SSSR count). The molecule has 1 saturated carbocycles. The van der Waals surface area contributed by atoms with Crippen molar-refractivity contribution in [3.05, 3.63) is 148 Å². The summed E-state index contributed by atoms with van der Waals surface area (Å²) in [4.78, 5) is 28.2. The number of thiophene rings is 1. The Kier molecular flexibility index (Phi) is 8.10. The molecular formula is C43H32N2O3S3. The number of rotatable bonds is 7. The van der Waals surface area contributed by atoms with Gasteiger partial charge in [0.15, 0.2) is 0 Å². The average molecular weight is 721 g/mol. The minimum absolute atomic E-state index is 0.272. The summed E-state index contributed by atoms with van der Waals surface area (Å²) in [5.41, 5.74) is 9.74. The highest BCUT2D eigenvalue weighted by molar-refractivity contribution is 8.26. The molecular weight excluding hydrogens is 689 g/mol. The Bertz CT molecular complexity index is 2410. The molecule has 8 heteroatoms. The van der Waals surface area contributed by atoms with Gasteiger partial charge in [-0.3, -0.25) is 14.5 Å². The minimum atomic E-state index is -1.09. The first kappa shape index (κ1) is 31.9. The molecule has 1 aliphatic carbocycles. The van der Waals surface area contributed by atoms with Crippen LogP contribution in [0.4, 0.5) is 11.4 Å². The van der Waals surface area contributed by atoms with Gasteiger partial charge in [0, 0.05) is 43.5 Å². The summed E-state index contributed by atoms with van der Waals surface area (Å²) in [6.45, 7) is -0.426. The topological polar surface area (TPSA) is 60.9 Å². The first-order valence-corrected chi connectivity index (χ1v) is 19.1. The standard InChI is InChI=1S/C43H32N2O3S3/c46-41(47)25-44-42(48)40(51-43(44)49)23-27-14-17-32-33-18-16-30(24-39(33)50-38(32)22-27)45-36-13-7-12-31(36)35-21-26(15-19-37(35)45)20-34(28-8-3-1-4-9-28)29-10-5-2-6-11-29/h1-6,8-11,14-24,31,36H,7,12-13,25H2,(H,46,47)/b40-23-. The third-order valence-corrected chi connectivity index (χ3v) is 12.7. The number of hydrogen-bond donors (Lipinski definition) is 1. The lowest BCUT2D eigenvalue weighted by Crippen LogP contribution is -2.33. The van der Waals surface area contributed by atoms with Crippen molar-refractivity contribution in [2.75, 3.05) is 11.4 Å². The highest BCUT2D eigenvalue weighted by Crippen LogP contribution is 2.53. The molecule has 0 bridgehead atoms. The Hall–Kier alpha value is -5.02. The van der Waals surface area contributed by atoms with Gasteiger partial charge in [-0.2, -0.15) is 0 Å². The third kappa shape index (κ3) is 5.77. The molecule has 1 amide bonds. The second-order valence-corrected chi connectivity index (χ2v) is 16.0. The second-order valence-electron chi connectivity index (χ2n) is 13.3. The molecule has 2 atom stereocenters. The van der Waals surface area contributed by atoms with E-state index in [0.717, 1.165) is 26.9 Å². The number of hydrogen-bond acceptors (Lipinski definition) is 6. The zero-order chi connectivity index (χ0) is 34.6. The van der Waals surface area contributed by atoms with E-state index >= 15 is 0 Å². The van der Waals surface area contributed by atoms with E-state index < -0.39 is 12.5 Å². The van der Waals surface area contributed by atoms with Crippen LogP contribution in [0, 0.1) is 0 Å².